The molecule has 1 aliphatic rings. The third kappa shape index (κ3) is 2.80. The van der Waals surface area contributed by atoms with Gasteiger partial charge in [-0.25, -0.2) is 0 Å². The molecule has 0 aliphatic carbocycles. The van der Waals surface area contributed by atoms with Gasteiger partial charge in [-0.2, -0.15) is 0 Å². The molecular formula is C13H17BrN2O. The second-order valence-corrected chi connectivity index (χ2v) is 5.40. The first-order valence-corrected chi connectivity index (χ1v) is 6.62. The minimum absolute atomic E-state index is 0.214. The molecule has 1 aromatic carbocycles. The molecule has 4 heteroatoms. The zero-order valence-corrected chi connectivity index (χ0v) is 11.8. The van der Waals surface area contributed by atoms with Crippen LogP contribution in [0, 0.1) is 6.92 Å². The van der Waals surface area contributed by atoms with E-state index in [0.717, 1.165) is 29.7 Å². The standard InChI is InChI=1S/C13H17BrN2O/c1-10-4-5-12(11(14)8-10)15(2)9-13(17)16-6-3-7-16/h4-5,8H,3,6-7,9H2,1-2H3. The maximum absolute atomic E-state index is 11.9. The molecular weight excluding hydrogens is 280 g/mol. The monoisotopic (exact) mass is 296 g/mol. The summed E-state index contributed by atoms with van der Waals surface area (Å²) in [6.45, 7) is 4.34. The smallest absolute Gasteiger partial charge is 0.242 e. The van der Waals surface area contributed by atoms with Crippen LogP contribution in [0.4, 0.5) is 5.69 Å². The maximum Gasteiger partial charge on any atom is 0.242 e. The predicted octanol–water partition coefficient (Wildman–Crippen LogP) is 2.43. The fourth-order valence-corrected chi connectivity index (χ4v) is 2.67. The highest BCUT2D eigenvalue weighted by molar-refractivity contribution is 9.10. The van der Waals surface area contributed by atoms with Gasteiger partial charge in [0.1, 0.15) is 0 Å². The third-order valence-electron chi connectivity index (χ3n) is 3.10. The molecule has 92 valence electrons. The lowest BCUT2D eigenvalue weighted by Crippen LogP contribution is -2.46. The fraction of sp³-hybridized carbons (Fsp3) is 0.462. The summed E-state index contributed by atoms with van der Waals surface area (Å²) >= 11 is 3.54. The average molecular weight is 297 g/mol. The molecule has 0 unspecified atom stereocenters. The van der Waals surface area contributed by atoms with Crippen LogP contribution < -0.4 is 4.90 Å². The number of hydrogen-bond acceptors (Lipinski definition) is 2. The van der Waals surface area contributed by atoms with Gasteiger partial charge in [-0.1, -0.05) is 6.07 Å². The Hall–Kier alpha value is -1.03. The van der Waals surface area contributed by atoms with Crippen molar-refractivity contribution in [2.75, 3.05) is 31.6 Å². The van der Waals surface area contributed by atoms with E-state index in [1.54, 1.807) is 0 Å². The Balaban J connectivity index is 2.03. The van der Waals surface area contributed by atoms with Gasteiger partial charge in [-0.05, 0) is 47.0 Å². The number of rotatable bonds is 3. The van der Waals surface area contributed by atoms with Crippen molar-refractivity contribution in [2.24, 2.45) is 0 Å². The number of carbonyl (C=O) groups is 1. The minimum Gasteiger partial charge on any atom is -0.364 e. The molecule has 3 nitrogen and oxygen atoms in total. The molecule has 0 aromatic heterocycles. The van der Waals surface area contributed by atoms with Crippen LogP contribution in [-0.2, 0) is 4.79 Å². The Morgan fingerprint density at radius 2 is 2.18 bits per heavy atom. The number of anilines is 1. The van der Waals surface area contributed by atoms with Crippen LogP contribution in [0.25, 0.3) is 0 Å². The number of hydrogen-bond donors (Lipinski definition) is 0. The van der Waals surface area contributed by atoms with E-state index >= 15 is 0 Å². The summed E-state index contributed by atoms with van der Waals surface area (Å²) in [6, 6.07) is 6.17. The van der Waals surface area contributed by atoms with Gasteiger partial charge in [0.25, 0.3) is 0 Å². The lowest BCUT2D eigenvalue weighted by Gasteiger charge is -2.33. The summed E-state index contributed by atoms with van der Waals surface area (Å²) in [5.41, 5.74) is 2.27. The van der Waals surface area contributed by atoms with Crippen molar-refractivity contribution in [3.63, 3.8) is 0 Å². The van der Waals surface area contributed by atoms with E-state index in [9.17, 15) is 4.79 Å². The van der Waals surface area contributed by atoms with Crippen molar-refractivity contribution < 1.29 is 4.79 Å². The number of halogens is 1. The van der Waals surface area contributed by atoms with Crippen LogP contribution in [0.1, 0.15) is 12.0 Å². The zero-order chi connectivity index (χ0) is 12.4. The molecule has 0 atom stereocenters. The van der Waals surface area contributed by atoms with Crippen LogP contribution in [0.3, 0.4) is 0 Å². The fourth-order valence-electron chi connectivity index (χ4n) is 1.88. The second-order valence-electron chi connectivity index (χ2n) is 4.55. The molecule has 0 bridgehead atoms. The van der Waals surface area contributed by atoms with Crippen molar-refractivity contribution in [3.8, 4) is 0 Å². The summed E-state index contributed by atoms with van der Waals surface area (Å²) in [7, 11) is 1.95. The molecule has 1 aromatic rings. The molecule has 0 N–H and O–H groups in total. The Morgan fingerprint density at radius 3 is 2.71 bits per heavy atom. The summed E-state index contributed by atoms with van der Waals surface area (Å²) in [4.78, 5) is 15.7. The highest BCUT2D eigenvalue weighted by atomic mass is 79.9. The van der Waals surface area contributed by atoms with Crippen molar-refractivity contribution in [3.05, 3.63) is 28.2 Å². The van der Waals surface area contributed by atoms with Crippen LogP contribution >= 0.6 is 15.9 Å². The van der Waals surface area contributed by atoms with E-state index in [1.807, 2.05) is 22.9 Å². The average Bonchev–Trinajstić information content (AvgIpc) is 2.13. The Bertz CT molecular complexity index is 429. The van der Waals surface area contributed by atoms with Crippen molar-refractivity contribution in [2.45, 2.75) is 13.3 Å². The van der Waals surface area contributed by atoms with Gasteiger partial charge in [0.05, 0.1) is 12.2 Å². The highest BCUT2D eigenvalue weighted by Crippen LogP contribution is 2.26. The van der Waals surface area contributed by atoms with Gasteiger partial charge in [-0.15, -0.1) is 0 Å². The first-order chi connectivity index (χ1) is 8.08. The molecule has 0 spiro atoms. The van der Waals surface area contributed by atoms with Crippen molar-refractivity contribution >= 4 is 27.5 Å². The maximum atomic E-state index is 11.9. The summed E-state index contributed by atoms with van der Waals surface area (Å²) in [6.07, 6.45) is 1.14. The number of likely N-dealkylation sites (tertiary alicyclic amines) is 1. The first-order valence-electron chi connectivity index (χ1n) is 5.83. The molecule has 0 radical (unpaired) electrons. The molecule has 1 heterocycles. The van der Waals surface area contributed by atoms with Gasteiger partial charge in [0.2, 0.25) is 5.91 Å². The number of aryl methyl sites for hydroxylation is 1. The molecule has 2 rings (SSSR count). The number of nitrogens with zero attached hydrogens (tertiary/aromatic N) is 2. The van der Waals surface area contributed by atoms with E-state index in [4.69, 9.17) is 0 Å². The largest absolute Gasteiger partial charge is 0.364 e. The SMILES string of the molecule is Cc1ccc(N(C)CC(=O)N2CCC2)c(Br)c1. The van der Waals surface area contributed by atoms with E-state index < -0.39 is 0 Å². The number of amides is 1. The number of benzene rings is 1. The van der Waals surface area contributed by atoms with Gasteiger partial charge >= 0.3 is 0 Å². The van der Waals surface area contributed by atoms with E-state index in [2.05, 4.69) is 35.0 Å². The lowest BCUT2D eigenvalue weighted by atomic mass is 10.2. The molecule has 17 heavy (non-hydrogen) atoms. The predicted molar refractivity (Wildman–Crippen MR) is 73.3 cm³/mol. The molecule has 1 aliphatic heterocycles. The van der Waals surface area contributed by atoms with Crippen LogP contribution in [0.15, 0.2) is 22.7 Å². The van der Waals surface area contributed by atoms with E-state index in [0.29, 0.717) is 6.54 Å². The van der Waals surface area contributed by atoms with Gasteiger partial charge in [0.15, 0.2) is 0 Å². The molecule has 1 amide bonds. The first kappa shape index (κ1) is 12.4. The van der Waals surface area contributed by atoms with Crippen LogP contribution in [0.5, 0.6) is 0 Å². The van der Waals surface area contributed by atoms with Crippen LogP contribution in [0.2, 0.25) is 0 Å². The zero-order valence-electron chi connectivity index (χ0n) is 10.2. The topological polar surface area (TPSA) is 23.6 Å². The number of carbonyl (C=O) groups excluding carboxylic acids is 1. The minimum atomic E-state index is 0.214. The second kappa shape index (κ2) is 5.08. The highest BCUT2D eigenvalue weighted by Gasteiger charge is 2.21. The van der Waals surface area contributed by atoms with E-state index in [1.165, 1.54) is 5.56 Å². The van der Waals surface area contributed by atoms with E-state index in [-0.39, 0.29) is 5.91 Å². The Labute approximate surface area is 111 Å². The summed E-state index contributed by atoms with van der Waals surface area (Å²) in [5, 5.41) is 0. The molecule has 1 fully saturated rings. The van der Waals surface area contributed by atoms with Gasteiger partial charge in [0, 0.05) is 24.6 Å². The summed E-state index contributed by atoms with van der Waals surface area (Å²) in [5.74, 6) is 0.214. The Morgan fingerprint density at radius 1 is 1.47 bits per heavy atom. The quantitative estimate of drug-likeness (QED) is 0.855. The third-order valence-corrected chi connectivity index (χ3v) is 3.73. The lowest BCUT2D eigenvalue weighted by molar-refractivity contribution is -0.133. The van der Waals surface area contributed by atoms with Crippen molar-refractivity contribution in [1.29, 1.82) is 0 Å². The van der Waals surface area contributed by atoms with Crippen molar-refractivity contribution in [1.82, 2.24) is 4.90 Å². The van der Waals surface area contributed by atoms with Crippen LogP contribution in [-0.4, -0.2) is 37.5 Å². The Kier molecular flexibility index (Phi) is 3.72. The molecule has 1 saturated heterocycles. The normalized spacial score (nSPS) is 14.4. The number of likely N-dealkylation sites (N-methyl/N-ethyl adjacent to an activating group) is 1. The van der Waals surface area contributed by atoms with Gasteiger partial charge < -0.3 is 9.80 Å². The summed E-state index contributed by atoms with van der Waals surface area (Å²) < 4.78 is 1.04. The molecule has 0 saturated carbocycles. The van der Waals surface area contributed by atoms with Gasteiger partial charge in [-0.3, -0.25) is 4.79 Å².